The Hall–Kier alpha value is -1.80. The number of hydrogen-bond acceptors (Lipinski definition) is 7. The van der Waals surface area contributed by atoms with Gasteiger partial charge in [0.2, 0.25) is 0 Å². The van der Waals surface area contributed by atoms with E-state index in [1.807, 2.05) is 21.1 Å². The molecule has 0 rings (SSSR count). The van der Waals surface area contributed by atoms with Crippen LogP contribution in [-0.4, -0.2) is 70.7 Å². The number of allylic oxidation sites excluding steroid dienone is 10. The molecule has 2 unspecified atom stereocenters. The number of hydrogen-bond donors (Lipinski definition) is 0. The van der Waals surface area contributed by atoms with E-state index in [-0.39, 0.29) is 25.8 Å². The molecule has 0 saturated carbocycles. The Kier molecular flexibility index (Phi) is 49.2. The Labute approximate surface area is 415 Å². The van der Waals surface area contributed by atoms with Gasteiger partial charge in [0.05, 0.1) is 34.4 Å². The molecule has 0 amide bonds. The van der Waals surface area contributed by atoms with Crippen LogP contribution < -0.4 is 4.89 Å². The normalized spacial score (nSPS) is 13.9. The summed E-state index contributed by atoms with van der Waals surface area (Å²) in [5, 5.41) is 0. The molecule has 0 fully saturated rings. The molecule has 0 heterocycles. The van der Waals surface area contributed by atoms with Crippen LogP contribution in [-0.2, 0) is 27.9 Å². The van der Waals surface area contributed by atoms with Crippen LogP contribution in [0.15, 0.2) is 60.8 Å². The number of quaternary nitrogens is 1. The minimum atomic E-state index is -4.54. The highest BCUT2D eigenvalue weighted by atomic mass is 31.2. The molecule has 0 aromatic heterocycles. The smallest absolute Gasteiger partial charge is 0.306 e. The van der Waals surface area contributed by atoms with Crippen molar-refractivity contribution in [3.63, 3.8) is 0 Å². The summed E-state index contributed by atoms with van der Waals surface area (Å²) in [5.74, 6) is -0.345. The lowest BCUT2D eigenvalue weighted by Crippen LogP contribution is -2.37. The van der Waals surface area contributed by atoms with Crippen LogP contribution in [0.2, 0.25) is 0 Å². The molecule has 0 aliphatic heterocycles. The topological polar surface area (TPSA) is 94.1 Å². The van der Waals surface area contributed by atoms with Crippen LogP contribution >= 0.6 is 7.82 Å². The summed E-state index contributed by atoms with van der Waals surface area (Å²) in [6.45, 7) is 5.38. The van der Waals surface area contributed by atoms with Crippen molar-refractivity contribution in [2.45, 2.75) is 251 Å². The van der Waals surface area contributed by atoms with Gasteiger partial charge in [-0.2, -0.15) is 0 Å². The van der Waals surface area contributed by atoms with Crippen LogP contribution in [0.1, 0.15) is 245 Å². The summed E-state index contributed by atoms with van der Waals surface area (Å²) in [6, 6.07) is 0. The predicted octanol–water partition coefficient (Wildman–Crippen LogP) is 17.0. The van der Waals surface area contributed by atoms with Gasteiger partial charge in [-0.1, -0.05) is 216 Å². The van der Waals surface area contributed by atoms with E-state index >= 15 is 0 Å². The Morgan fingerprint density at radius 2 is 0.821 bits per heavy atom. The van der Waals surface area contributed by atoms with Gasteiger partial charge in [0.15, 0.2) is 0 Å². The molecule has 2 atom stereocenters. The lowest BCUT2D eigenvalue weighted by atomic mass is 10.0. The number of carbonyl (C=O) groups excluding carboxylic acids is 1. The first-order valence-electron chi connectivity index (χ1n) is 28.0. The van der Waals surface area contributed by atoms with Gasteiger partial charge in [0.25, 0.3) is 7.82 Å². The number of ether oxygens (including phenoxy) is 2. The summed E-state index contributed by atoms with van der Waals surface area (Å²) in [7, 11) is 1.35. The van der Waals surface area contributed by atoms with Crippen LogP contribution in [0.25, 0.3) is 0 Å². The predicted molar refractivity (Wildman–Crippen MR) is 286 cm³/mol. The molecule has 392 valence electrons. The van der Waals surface area contributed by atoms with Crippen molar-refractivity contribution in [2.24, 2.45) is 0 Å². The summed E-state index contributed by atoms with van der Waals surface area (Å²) in [5.41, 5.74) is 0. The Morgan fingerprint density at radius 1 is 0.463 bits per heavy atom. The first kappa shape index (κ1) is 65.2. The Morgan fingerprint density at radius 3 is 1.25 bits per heavy atom. The molecular formula is C58H108NO7P. The highest BCUT2D eigenvalue weighted by Crippen LogP contribution is 2.38. The molecular weight excluding hydrogens is 854 g/mol. The number of phosphoric ester groups is 1. The Balaban J connectivity index is 4.09. The van der Waals surface area contributed by atoms with Crippen molar-refractivity contribution in [3.05, 3.63) is 60.8 Å². The van der Waals surface area contributed by atoms with Gasteiger partial charge >= 0.3 is 5.97 Å². The second-order valence-electron chi connectivity index (χ2n) is 19.9. The minimum Gasteiger partial charge on any atom is -0.756 e. The lowest BCUT2D eigenvalue weighted by molar-refractivity contribution is -0.870. The third-order valence-electron chi connectivity index (χ3n) is 12.0. The van der Waals surface area contributed by atoms with Crippen molar-refractivity contribution in [1.29, 1.82) is 0 Å². The SMILES string of the molecule is CCCCC/C=C\C/C=C\C/C=C\CCCCCCCCC(=O)OC(COCCCCCCCCCCCCCCCC/C=C\C/C=C\CCCCCCC)COP(=O)([O-])OCC[N+](C)(C)C. The maximum absolute atomic E-state index is 12.8. The average molecular weight is 962 g/mol. The number of nitrogens with zero attached hydrogens (tertiary/aromatic N) is 1. The van der Waals surface area contributed by atoms with Crippen molar-refractivity contribution in [1.82, 2.24) is 0 Å². The second-order valence-corrected chi connectivity index (χ2v) is 21.3. The van der Waals surface area contributed by atoms with Gasteiger partial charge in [0.1, 0.15) is 19.3 Å². The Bertz CT molecular complexity index is 1260. The molecule has 0 aromatic carbocycles. The molecule has 0 bridgehead atoms. The van der Waals surface area contributed by atoms with Crippen molar-refractivity contribution in [3.8, 4) is 0 Å². The molecule has 0 spiro atoms. The van der Waals surface area contributed by atoms with Crippen molar-refractivity contribution in [2.75, 3.05) is 54.1 Å². The molecule has 9 heteroatoms. The highest BCUT2D eigenvalue weighted by molar-refractivity contribution is 7.45. The first-order chi connectivity index (χ1) is 32.6. The van der Waals surface area contributed by atoms with E-state index in [1.54, 1.807) is 0 Å². The number of esters is 1. The maximum Gasteiger partial charge on any atom is 0.306 e. The summed E-state index contributed by atoms with van der Waals surface area (Å²) in [4.78, 5) is 25.2. The molecule has 0 radical (unpaired) electrons. The summed E-state index contributed by atoms with van der Waals surface area (Å²) < 4.78 is 34.8. The zero-order chi connectivity index (χ0) is 49.0. The van der Waals surface area contributed by atoms with Crippen LogP contribution in [0.4, 0.5) is 0 Å². The van der Waals surface area contributed by atoms with E-state index in [4.69, 9.17) is 18.5 Å². The van der Waals surface area contributed by atoms with Crippen molar-refractivity contribution >= 4 is 13.8 Å². The standard InChI is InChI=1S/C58H108NO7P/c1-6-8-10-12-14-16-18-20-22-24-26-27-28-29-30-31-32-34-36-38-40-42-44-46-48-50-53-63-55-57(56-65-67(61,62)64-54-52-59(3,4)5)66-58(60)51-49-47-45-43-41-39-37-35-33-25-23-21-19-17-15-13-11-9-7-2/h15,17-18,20-21,23-24,26,33,35,57H,6-14,16,19,22,25,27-32,34,36-56H2,1-5H3/b17-15-,20-18-,23-21-,26-24-,35-33-. The van der Waals surface area contributed by atoms with Crippen LogP contribution in [0.3, 0.4) is 0 Å². The highest BCUT2D eigenvalue weighted by Gasteiger charge is 2.20. The molecule has 0 aliphatic rings. The van der Waals surface area contributed by atoms with Gasteiger partial charge in [-0.25, -0.2) is 0 Å². The summed E-state index contributed by atoms with van der Waals surface area (Å²) in [6.07, 6.45) is 65.4. The van der Waals surface area contributed by atoms with Gasteiger partial charge in [0, 0.05) is 13.0 Å². The van der Waals surface area contributed by atoms with E-state index in [0.717, 1.165) is 64.2 Å². The van der Waals surface area contributed by atoms with Crippen LogP contribution in [0.5, 0.6) is 0 Å². The molecule has 67 heavy (non-hydrogen) atoms. The number of carbonyl (C=O) groups is 1. The van der Waals surface area contributed by atoms with E-state index in [9.17, 15) is 14.3 Å². The van der Waals surface area contributed by atoms with E-state index in [2.05, 4.69) is 74.6 Å². The third kappa shape index (κ3) is 55.0. The largest absolute Gasteiger partial charge is 0.756 e. The quantitative estimate of drug-likeness (QED) is 0.0197. The molecule has 0 saturated heterocycles. The number of unbranched alkanes of at least 4 members (excludes halogenated alkanes) is 28. The molecule has 0 aliphatic carbocycles. The molecule has 0 aromatic rings. The zero-order valence-electron chi connectivity index (χ0n) is 44.6. The fraction of sp³-hybridized carbons (Fsp3) is 0.810. The van der Waals surface area contributed by atoms with Gasteiger partial charge < -0.3 is 27.9 Å². The van der Waals surface area contributed by atoms with E-state index < -0.39 is 13.9 Å². The zero-order valence-corrected chi connectivity index (χ0v) is 45.5. The summed E-state index contributed by atoms with van der Waals surface area (Å²) >= 11 is 0. The first-order valence-corrected chi connectivity index (χ1v) is 29.5. The minimum absolute atomic E-state index is 0.0217. The van der Waals surface area contributed by atoms with Gasteiger partial charge in [-0.15, -0.1) is 0 Å². The van der Waals surface area contributed by atoms with Crippen molar-refractivity contribution < 1.29 is 37.3 Å². The average Bonchev–Trinajstić information content (AvgIpc) is 3.29. The number of phosphoric acid groups is 1. The molecule has 0 N–H and O–H groups in total. The van der Waals surface area contributed by atoms with E-state index in [1.165, 1.54) is 161 Å². The monoisotopic (exact) mass is 962 g/mol. The number of rotatable bonds is 52. The fourth-order valence-electron chi connectivity index (χ4n) is 7.70. The third-order valence-corrected chi connectivity index (χ3v) is 13.0. The lowest BCUT2D eigenvalue weighted by Gasteiger charge is -2.28. The maximum atomic E-state index is 12.8. The number of likely N-dealkylation sites (N-methyl/N-ethyl adjacent to an activating group) is 1. The van der Waals surface area contributed by atoms with Crippen LogP contribution in [0, 0.1) is 0 Å². The van der Waals surface area contributed by atoms with Gasteiger partial charge in [-0.3, -0.25) is 9.36 Å². The van der Waals surface area contributed by atoms with E-state index in [0.29, 0.717) is 24.1 Å². The fourth-order valence-corrected chi connectivity index (χ4v) is 8.43. The van der Waals surface area contributed by atoms with Gasteiger partial charge in [-0.05, 0) is 83.5 Å². The second kappa shape index (κ2) is 50.6. The molecule has 8 nitrogen and oxygen atoms in total.